The Hall–Kier alpha value is -2.80. The second-order valence-electron chi connectivity index (χ2n) is 6.02. The summed E-state index contributed by atoms with van der Waals surface area (Å²) in [6, 6.07) is 11.1. The number of para-hydroxylation sites is 1. The highest BCUT2D eigenvalue weighted by Gasteiger charge is 2.22. The van der Waals surface area contributed by atoms with Crippen molar-refractivity contribution in [3.8, 4) is 0 Å². The molecule has 0 saturated carbocycles. The molecule has 1 saturated heterocycles. The SMILES string of the molecule is O=c1c(F)cn([C@@H]2CCCO2)c(=O)n1Cc1ccc2ccccc2n1. The fourth-order valence-electron chi connectivity index (χ4n) is 3.07. The van der Waals surface area contributed by atoms with Crippen molar-refractivity contribution in [3.63, 3.8) is 0 Å². The standard InChI is InChI=1S/C18H16FN3O3/c19-14-11-21(16-6-3-9-25-16)18(24)22(17(14)23)10-13-8-7-12-4-1-2-5-15(12)20-13/h1-2,4-5,7-8,11,16H,3,6,9-10H2/t16-/m0/s1. The summed E-state index contributed by atoms with van der Waals surface area (Å²) >= 11 is 0. The summed E-state index contributed by atoms with van der Waals surface area (Å²) in [7, 11) is 0. The number of aromatic nitrogens is 3. The van der Waals surface area contributed by atoms with Crippen molar-refractivity contribution < 1.29 is 9.13 Å². The number of benzene rings is 1. The number of pyridine rings is 1. The average molecular weight is 341 g/mol. The van der Waals surface area contributed by atoms with E-state index in [9.17, 15) is 14.0 Å². The van der Waals surface area contributed by atoms with E-state index >= 15 is 0 Å². The molecule has 0 bridgehead atoms. The van der Waals surface area contributed by atoms with Crippen LogP contribution in [0.5, 0.6) is 0 Å². The summed E-state index contributed by atoms with van der Waals surface area (Å²) in [6.07, 6.45) is 1.82. The lowest BCUT2D eigenvalue weighted by Gasteiger charge is -2.15. The van der Waals surface area contributed by atoms with Crippen LogP contribution >= 0.6 is 0 Å². The van der Waals surface area contributed by atoms with E-state index in [4.69, 9.17) is 4.74 Å². The van der Waals surface area contributed by atoms with Gasteiger partial charge in [0, 0.05) is 12.0 Å². The van der Waals surface area contributed by atoms with Gasteiger partial charge in [0.1, 0.15) is 6.23 Å². The van der Waals surface area contributed by atoms with Crippen molar-refractivity contribution >= 4 is 10.9 Å². The second-order valence-corrected chi connectivity index (χ2v) is 6.02. The Bertz CT molecular complexity index is 1050. The Morgan fingerprint density at radius 2 is 2.04 bits per heavy atom. The smallest absolute Gasteiger partial charge is 0.333 e. The highest BCUT2D eigenvalue weighted by Crippen LogP contribution is 2.20. The summed E-state index contributed by atoms with van der Waals surface area (Å²) in [4.78, 5) is 29.2. The van der Waals surface area contributed by atoms with Gasteiger partial charge in [0.25, 0.3) is 5.56 Å². The van der Waals surface area contributed by atoms with Gasteiger partial charge in [-0.2, -0.15) is 4.39 Å². The fraction of sp³-hybridized carbons (Fsp3) is 0.278. The third-order valence-corrected chi connectivity index (χ3v) is 4.35. The quantitative estimate of drug-likeness (QED) is 0.731. The molecule has 1 aliphatic rings. The summed E-state index contributed by atoms with van der Waals surface area (Å²) in [5.74, 6) is -0.976. The minimum absolute atomic E-state index is 0.0903. The minimum atomic E-state index is -0.976. The Morgan fingerprint density at radius 1 is 1.20 bits per heavy atom. The molecular formula is C18H16FN3O3. The monoisotopic (exact) mass is 341 g/mol. The van der Waals surface area contributed by atoms with Gasteiger partial charge in [0.15, 0.2) is 0 Å². The average Bonchev–Trinajstić information content (AvgIpc) is 3.16. The Morgan fingerprint density at radius 3 is 2.84 bits per heavy atom. The molecule has 6 nitrogen and oxygen atoms in total. The molecule has 1 fully saturated rings. The molecule has 25 heavy (non-hydrogen) atoms. The lowest BCUT2D eigenvalue weighted by atomic mass is 10.2. The van der Waals surface area contributed by atoms with Crippen LogP contribution in [-0.2, 0) is 11.3 Å². The number of rotatable bonds is 3. The summed E-state index contributed by atoms with van der Waals surface area (Å²) in [5, 5.41) is 0.953. The van der Waals surface area contributed by atoms with Crippen molar-refractivity contribution in [1.82, 2.24) is 14.1 Å². The van der Waals surface area contributed by atoms with Crippen LogP contribution in [0.4, 0.5) is 4.39 Å². The van der Waals surface area contributed by atoms with Crippen molar-refractivity contribution in [2.75, 3.05) is 6.61 Å². The molecule has 0 N–H and O–H groups in total. The van der Waals surface area contributed by atoms with Crippen LogP contribution in [0.3, 0.4) is 0 Å². The normalized spacial score (nSPS) is 17.2. The van der Waals surface area contributed by atoms with Gasteiger partial charge in [-0.15, -0.1) is 0 Å². The van der Waals surface area contributed by atoms with Gasteiger partial charge in [-0.1, -0.05) is 24.3 Å². The number of hydrogen-bond donors (Lipinski definition) is 0. The third kappa shape index (κ3) is 2.87. The summed E-state index contributed by atoms with van der Waals surface area (Å²) in [5.41, 5.74) is -0.270. The number of ether oxygens (including phenoxy) is 1. The largest absolute Gasteiger partial charge is 0.358 e. The minimum Gasteiger partial charge on any atom is -0.358 e. The van der Waals surface area contributed by atoms with Gasteiger partial charge in [-0.3, -0.25) is 18.9 Å². The molecule has 1 atom stereocenters. The molecule has 0 aliphatic carbocycles. The Labute approximate surface area is 142 Å². The maximum Gasteiger partial charge on any atom is 0.333 e. The van der Waals surface area contributed by atoms with Gasteiger partial charge in [-0.25, -0.2) is 4.79 Å². The van der Waals surface area contributed by atoms with Crippen molar-refractivity contribution in [2.24, 2.45) is 0 Å². The number of nitrogens with zero attached hydrogens (tertiary/aromatic N) is 3. The molecule has 4 rings (SSSR count). The van der Waals surface area contributed by atoms with E-state index < -0.39 is 23.3 Å². The van der Waals surface area contributed by atoms with Crippen molar-refractivity contribution in [1.29, 1.82) is 0 Å². The molecule has 0 unspecified atom stereocenters. The van der Waals surface area contributed by atoms with Gasteiger partial charge < -0.3 is 4.74 Å². The van der Waals surface area contributed by atoms with Gasteiger partial charge in [0.05, 0.1) is 24.0 Å². The molecule has 2 aromatic heterocycles. The van der Waals surface area contributed by atoms with Crippen LogP contribution in [0.1, 0.15) is 24.8 Å². The highest BCUT2D eigenvalue weighted by molar-refractivity contribution is 5.78. The fourth-order valence-corrected chi connectivity index (χ4v) is 3.07. The molecule has 128 valence electrons. The Balaban J connectivity index is 1.78. The van der Waals surface area contributed by atoms with Crippen LogP contribution in [0.2, 0.25) is 0 Å². The molecule has 1 aromatic carbocycles. The molecule has 0 spiro atoms. The number of hydrogen-bond acceptors (Lipinski definition) is 4. The first-order valence-electron chi connectivity index (χ1n) is 8.11. The van der Waals surface area contributed by atoms with Gasteiger partial charge >= 0.3 is 5.69 Å². The van der Waals surface area contributed by atoms with Gasteiger partial charge in [0.2, 0.25) is 5.82 Å². The van der Waals surface area contributed by atoms with Crippen molar-refractivity contribution in [2.45, 2.75) is 25.6 Å². The van der Waals surface area contributed by atoms with Crippen LogP contribution in [0, 0.1) is 5.82 Å². The van der Waals surface area contributed by atoms with Gasteiger partial charge in [-0.05, 0) is 25.0 Å². The van der Waals surface area contributed by atoms with E-state index in [1.165, 1.54) is 0 Å². The lowest BCUT2D eigenvalue weighted by molar-refractivity contribution is 0.0504. The predicted molar refractivity (Wildman–Crippen MR) is 90.0 cm³/mol. The first-order chi connectivity index (χ1) is 12.1. The molecular weight excluding hydrogens is 325 g/mol. The van der Waals surface area contributed by atoms with Crippen LogP contribution in [-0.4, -0.2) is 20.7 Å². The lowest BCUT2D eigenvalue weighted by Crippen LogP contribution is -2.42. The Kier molecular flexibility index (Phi) is 3.93. The first kappa shape index (κ1) is 15.7. The maximum absolute atomic E-state index is 14.1. The molecule has 7 heteroatoms. The number of fused-ring (bicyclic) bond motifs is 1. The van der Waals surface area contributed by atoms with E-state index in [1.54, 1.807) is 6.07 Å². The number of halogens is 1. The molecule has 1 aliphatic heterocycles. The van der Waals surface area contributed by atoms with Crippen LogP contribution in [0.25, 0.3) is 10.9 Å². The zero-order valence-electron chi connectivity index (χ0n) is 13.4. The summed E-state index contributed by atoms with van der Waals surface area (Å²) in [6.45, 7) is 0.428. The topological polar surface area (TPSA) is 66.1 Å². The van der Waals surface area contributed by atoms with Crippen LogP contribution in [0.15, 0.2) is 52.2 Å². The molecule has 3 aromatic rings. The van der Waals surface area contributed by atoms with Crippen molar-refractivity contribution in [3.05, 3.63) is 74.9 Å². The summed E-state index contributed by atoms with van der Waals surface area (Å²) < 4.78 is 21.5. The molecule has 0 radical (unpaired) electrons. The zero-order chi connectivity index (χ0) is 17.4. The van der Waals surface area contributed by atoms with E-state index in [1.807, 2.05) is 30.3 Å². The van der Waals surface area contributed by atoms with E-state index in [0.29, 0.717) is 18.7 Å². The van der Waals surface area contributed by atoms with E-state index in [-0.39, 0.29) is 6.54 Å². The molecule has 0 amide bonds. The second kappa shape index (κ2) is 6.25. The third-order valence-electron chi connectivity index (χ3n) is 4.35. The maximum atomic E-state index is 14.1. The van der Waals surface area contributed by atoms with E-state index in [2.05, 4.69) is 4.98 Å². The molecule has 3 heterocycles. The zero-order valence-corrected chi connectivity index (χ0v) is 13.4. The van der Waals surface area contributed by atoms with Crippen LogP contribution < -0.4 is 11.2 Å². The first-order valence-corrected chi connectivity index (χ1v) is 8.11. The van der Waals surface area contributed by atoms with E-state index in [0.717, 1.165) is 32.7 Å². The highest BCUT2D eigenvalue weighted by atomic mass is 19.1. The predicted octanol–water partition coefficient (Wildman–Crippen LogP) is 2.05.